The molecule has 26 heavy (non-hydrogen) atoms. The monoisotopic (exact) mass is 383 g/mol. The number of imidazole rings is 1. The normalized spacial score (nSPS) is 16.0. The van der Waals surface area contributed by atoms with Crippen molar-refractivity contribution in [2.45, 2.75) is 43.9 Å². The first kappa shape index (κ1) is 17.2. The molecular formula is C16H16F3N5OS. The van der Waals surface area contributed by atoms with Crippen LogP contribution in [0.4, 0.5) is 13.2 Å². The summed E-state index contributed by atoms with van der Waals surface area (Å²) >= 11 is 0. The van der Waals surface area contributed by atoms with Gasteiger partial charge in [-0.3, -0.25) is 9.19 Å². The summed E-state index contributed by atoms with van der Waals surface area (Å²) in [5, 5.41) is 4.80. The molecule has 1 unspecified atom stereocenters. The summed E-state index contributed by atoms with van der Waals surface area (Å²) in [6.45, 7) is 2.56. The summed E-state index contributed by atoms with van der Waals surface area (Å²) in [5.74, 6) is 1.68. The van der Waals surface area contributed by atoms with Crippen LogP contribution < -0.4 is 0 Å². The van der Waals surface area contributed by atoms with Crippen LogP contribution in [0.5, 0.6) is 0 Å². The number of fused-ring (bicyclic) bond motifs is 2. The maximum atomic E-state index is 12.9. The Labute approximate surface area is 149 Å². The summed E-state index contributed by atoms with van der Waals surface area (Å²) in [4.78, 5) is 8.43. The molecule has 0 saturated carbocycles. The van der Waals surface area contributed by atoms with Crippen LogP contribution in [0.15, 0.2) is 23.5 Å². The Bertz CT molecular complexity index is 1010. The predicted octanol–water partition coefficient (Wildman–Crippen LogP) is 3.10. The number of pyridine rings is 1. The Kier molecular flexibility index (Phi) is 4.09. The molecule has 0 radical (unpaired) electrons. The SMILES string of the molecule is CCS(=O)c1c(-n2cc3ncc(C(F)(F)F)cc3n2)nc2n1CCCC2. The highest BCUT2D eigenvalue weighted by Gasteiger charge is 2.32. The van der Waals surface area contributed by atoms with Crippen LogP contribution in [0.25, 0.3) is 16.9 Å². The van der Waals surface area contributed by atoms with Crippen molar-refractivity contribution in [2.24, 2.45) is 0 Å². The van der Waals surface area contributed by atoms with E-state index in [2.05, 4.69) is 15.1 Å². The zero-order valence-corrected chi connectivity index (χ0v) is 14.8. The third kappa shape index (κ3) is 2.81. The Morgan fingerprint density at radius 2 is 2.08 bits per heavy atom. The number of aryl methyl sites for hydroxylation is 1. The van der Waals surface area contributed by atoms with E-state index < -0.39 is 22.5 Å². The lowest BCUT2D eigenvalue weighted by atomic mass is 10.2. The molecule has 3 aromatic rings. The van der Waals surface area contributed by atoms with E-state index in [1.165, 1.54) is 10.9 Å². The fourth-order valence-corrected chi connectivity index (χ4v) is 4.18. The molecule has 138 valence electrons. The summed E-state index contributed by atoms with van der Waals surface area (Å²) in [6, 6.07) is 0.964. The number of aromatic nitrogens is 5. The van der Waals surface area contributed by atoms with E-state index in [0.717, 1.165) is 43.9 Å². The first-order chi connectivity index (χ1) is 12.4. The lowest BCUT2D eigenvalue weighted by Gasteiger charge is -2.15. The van der Waals surface area contributed by atoms with Crippen LogP contribution in [0.2, 0.25) is 0 Å². The standard InChI is InChI=1S/C16H16F3N5OS/c1-2-26(25)15-14(21-13-5-3-4-6-23(13)15)24-9-12-11(22-24)7-10(8-20-12)16(17,18)19/h7-9H,2-6H2,1H3. The van der Waals surface area contributed by atoms with Crippen molar-refractivity contribution in [1.82, 2.24) is 24.3 Å². The van der Waals surface area contributed by atoms with Gasteiger partial charge in [-0.2, -0.15) is 18.3 Å². The third-order valence-corrected chi connectivity index (χ3v) is 5.75. The average Bonchev–Trinajstić information content (AvgIpc) is 3.20. The van der Waals surface area contributed by atoms with E-state index in [1.54, 1.807) is 0 Å². The first-order valence-corrected chi connectivity index (χ1v) is 9.61. The van der Waals surface area contributed by atoms with Crippen molar-refractivity contribution in [3.05, 3.63) is 29.8 Å². The van der Waals surface area contributed by atoms with Gasteiger partial charge in [0.15, 0.2) is 10.8 Å². The average molecular weight is 383 g/mol. The van der Waals surface area contributed by atoms with E-state index in [9.17, 15) is 17.4 Å². The first-order valence-electron chi connectivity index (χ1n) is 8.29. The summed E-state index contributed by atoms with van der Waals surface area (Å²) in [5.41, 5.74) is -0.395. The molecule has 4 rings (SSSR count). The van der Waals surface area contributed by atoms with Gasteiger partial charge in [-0.15, -0.1) is 0 Å². The van der Waals surface area contributed by atoms with Crippen molar-refractivity contribution in [1.29, 1.82) is 0 Å². The number of halogens is 3. The Morgan fingerprint density at radius 1 is 1.27 bits per heavy atom. The largest absolute Gasteiger partial charge is 0.417 e. The van der Waals surface area contributed by atoms with Crippen molar-refractivity contribution in [2.75, 3.05) is 5.75 Å². The molecule has 6 nitrogen and oxygen atoms in total. The highest BCUT2D eigenvalue weighted by Crippen LogP contribution is 2.31. The van der Waals surface area contributed by atoms with Gasteiger partial charge < -0.3 is 4.57 Å². The molecule has 0 amide bonds. The predicted molar refractivity (Wildman–Crippen MR) is 89.5 cm³/mol. The highest BCUT2D eigenvalue weighted by molar-refractivity contribution is 7.85. The minimum Gasteiger partial charge on any atom is -0.319 e. The third-order valence-electron chi connectivity index (χ3n) is 4.39. The Morgan fingerprint density at radius 3 is 2.81 bits per heavy atom. The van der Waals surface area contributed by atoms with Crippen molar-refractivity contribution >= 4 is 21.8 Å². The van der Waals surface area contributed by atoms with Gasteiger partial charge >= 0.3 is 6.18 Å². The quantitative estimate of drug-likeness (QED) is 0.697. The van der Waals surface area contributed by atoms with E-state index in [1.807, 2.05) is 11.5 Å². The summed E-state index contributed by atoms with van der Waals surface area (Å²) < 4.78 is 54.6. The molecule has 0 aromatic carbocycles. The topological polar surface area (TPSA) is 65.6 Å². The molecule has 0 bridgehead atoms. The number of hydrogen-bond acceptors (Lipinski definition) is 4. The molecule has 4 heterocycles. The van der Waals surface area contributed by atoms with Gasteiger partial charge in [-0.05, 0) is 18.9 Å². The molecule has 10 heteroatoms. The molecule has 0 fully saturated rings. The zero-order chi connectivity index (χ0) is 18.5. The van der Waals surface area contributed by atoms with E-state index in [-0.39, 0.29) is 5.52 Å². The molecule has 0 saturated heterocycles. The number of rotatable bonds is 3. The van der Waals surface area contributed by atoms with Crippen LogP contribution >= 0.6 is 0 Å². The molecule has 3 aromatic heterocycles. The second kappa shape index (κ2) is 6.19. The van der Waals surface area contributed by atoms with E-state index in [4.69, 9.17) is 0 Å². The summed E-state index contributed by atoms with van der Waals surface area (Å²) in [6.07, 6.45) is 0.608. The van der Waals surface area contributed by atoms with Crippen LogP contribution in [0.1, 0.15) is 31.2 Å². The lowest BCUT2D eigenvalue weighted by Crippen LogP contribution is -2.14. The summed E-state index contributed by atoms with van der Waals surface area (Å²) in [7, 11) is -1.26. The minimum absolute atomic E-state index is 0.124. The Hall–Kier alpha value is -2.23. The molecule has 1 atom stereocenters. The van der Waals surface area contributed by atoms with Crippen LogP contribution in [0, 0.1) is 0 Å². The fraction of sp³-hybridized carbons (Fsp3) is 0.438. The van der Waals surface area contributed by atoms with Crippen molar-refractivity contribution in [3.63, 3.8) is 0 Å². The molecule has 1 aliphatic heterocycles. The molecule has 0 N–H and O–H groups in total. The van der Waals surface area contributed by atoms with Crippen LogP contribution in [0.3, 0.4) is 0 Å². The van der Waals surface area contributed by atoms with Crippen LogP contribution in [-0.2, 0) is 29.9 Å². The van der Waals surface area contributed by atoms with Gasteiger partial charge in [-0.25, -0.2) is 9.67 Å². The minimum atomic E-state index is -4.48. The van der Waals surface area contributed by atoms with Gasteiger partial charge in [-0.1, -0.05) is 6.92 Å². The second-order valence-corrected chi connectivity index (χ2v) is 7.75. The lowest BCUT2D eigenvalue weighted by molar-refractivity contribution is -0.137. The molecule has 0 aliphatic carbocycles. The smallest absolute Gasteiger partial charge is 0.319 e. The second-order valence-electron chi connectivity index (χ2n) is 6.10. The maximum absolute atomic E-state index is 12.9. The fourth-order valence-electron chi connectivity index (χ4n) is 3.12. The van der Waals surface area contributed by atoms with Crippen molar-refractivity contribution < 1.29 is 17.4 Å². The molecular weight excluding hydrogens is 367 g/mol. The highest BCUT2D eigenvalue weighted by atomic mass is 32.2. The molecule has 1 aliphatic rings. The van der Waals surface area contributed by atoms with Gasteiger partial charge in [0.2, 0.25) is 0 Å². The number of hydrogen-bond donors (Lipinski definition) is 0. The van der Waals surface area contributed by atoms with Crippen molar-refractivity contribution in [3.8, 4) is 5.82 Å². The Balaban J connectivity index is 1.87. The van der Waals surface area contributed by atoms with Gasteiger partial charge in [0.25, 0.3) is 0 Å². The van der Waals surface area contributed by atoms with Gasteiger partial charge in [0, 0.05) is 24.9 Å². The van der Waals surface area contributed by atoms with Gasteiger partial charge in [0.05, 0.1) is 22.6 Å². The van der Waals surface area contributed by atoms with E-state index in [0.29, 0.717) is 22.1 Å². The van der Waals surface area contributed by atoms with Crippen LogP contribution in [-0.4, -0.2) is 34.3 Å². The zero-order valence-electron chi connectivity index (χ0n) is 14.0. The number of alkyl halides is 3. The molecule has 0 spiro atoms. The number of nitrogens with zero attached hydrogens (tertiary/aromatic N) is 5. The van der Waals surface area contributed by atoms with Gasteiger partial charge in [0.1, 0.15) is 16.9 Å². The maximum Gasteiger partial charge on any atom is 0.417 e. The van der Waals surface area contributed by atoms with E-state index >= 15 is 0 Å².